The lowest BCUT2D eigenvalue weighted by molar-refractivity contribution is -0.149. The lowest BCUT2D eigenvalue weighted by Gasteiger charge is -2.59. The fraction of sp³-hybridized carbons (Fsp3) is 0.706. The number of fused-ring (bicyclic) bond motifs is 3. The number of likely N-dealkylation sites (tertiary alicyclic amines) is 1. The molecule has 0 unspecified atom stereocenters. The first-order valence-corrected chi connectivity index (χ1v) is 16.3. The van der Waals surface area contributed by atoms with Crippen LogP contribution in [-0.2, 0) is 20.9 Å². The normalized spacial score (nSPS) is 38.9. The molecule has 0 aromatic heterocycles. The minimum atomic E-state index is -1.25. The Balaban J connectivity index is 1.06. The molecule has 7 saturated carbocycles. The summed E-state index contributed by atoms with van der Waals surface area (Å²) >= 11 is 0. The van der Waals surface area contributed by atoms with Gasteiger partial charge in [-0.15, -0.1) is 0 Å². The van der Waals surface area contributed by atoms with Crippen molar-refractivity contribution >= 4 is 17.9 Å². The Kier molecular flexibility index (Phi) is 7.17. The largest absolute Gasteiger partial charge is 0.445 e. The van der Waals surface area contributed by atoms with Gasteiger partial charge in [0.1, 0.15) is 25.4 Å². The minimum absolute atomic E-state index is 0.00675. The Bertz CT molecular complexity index is 1250. The van der Waals surface area contributed by atoms with Crippen molar-refractivity contribution in [2.75, 3.05) is 13.1 Å². The maximum atomic E-state index is 14.2. The van der Waals surface area contributed by atoms with Gasteiger partial charge in [-0.05, 0) is 100 Å². The molecule has 8 fully saturated rings. The predicted octanol–water partition coefficient (Wildman–Crippen LogP) is 5.27. The van der Waals surface area contributed by atoms with Crippen molar-refractivity contribution in [2.24, 2.45) is 23.2 Å². The number of benzene rings is 1. The number of halogens is 1. The molecular weight excluding hydrogens is 547 g/mol. The van der Waals surface area contributed by atoms with Gasteiger partial charge in [0, 0.05) is 22.9 Å². The molecule has 6 bridgehead atoms. The third-order valence-electron chi connectivity index (χ3n) is 12.1. The van der Waals surface area contributed by atoms with Gasteiger partial charge in [0.2, 0.25) is 11.8 Å². The van der Waals surface area contributed by atoms with E-state index in [-0.39, 0.29) is 37.6 Å². The number of hydrogen-bond donors (Lipinski definition) is 1. The number of nitriles is 1. The third kappa shape index (κ3) is 5.19. The molecule has 2 atom stereocenters. The first kappa shape index (κ1) is 28.6. The van der Waals surface area contributed by atoms with E-state index in [2.05, 4.69) is 5.32 Å². The van der Waals surface area contributed by atoms with Crippen molar-refractivity contribution < 1.29 is 23.5 Å². The summed E-state index contributed by atoms with van der Waals surface area (Å²) < 4.78 is 19.9. The fourth-order valence-electron chi connectivity index (χ4n) is 10.2. The molecule has 1 aromatic carbocycles. The van der Waals surface area contributed by atoms with Crippen LogP contribution in [0.15, 0.2) is 30.3 Å². The van der Waals surface area contributed by atoms with Crippen LogP contribution in [0.4, 0.5) is 9.18 Å². The Labute approximate surface area is 253 Å². The molecule has 3 amide bonds. The summed E-state index contributed by atoms with van der Waals surface area (Å²) in [7, 11) is 0. The van der Waals surface area contributed by atoms with Gasteiger partial charge in [-0.2, -0.15) is 5.26 Å². The lowest BCUT2D eigenvalue weighted by atomic mass is 9.52. The Morgan fingerprint density at radius 2 is 1.56 bits per heavy atom. The molecule has 230 valence electrons. The fourth-order valence-corrected chi connectivity index (χ4v) is 10.2. The highest BCUT2D eigenvalue weighted by Gasteiger charge is 2.59. The zero-order valence-electron chi connectivity index (χ0n) is 24.9. The van der Waals surface area contributed by atoms with Crippen molar-refractivity contribution in [2.45, 2.75) is 113 Å². The van der Waals surface area contributed by atoms with E-state index in [1.807, 2.05) is 36.4 Å². The molecular formula is C34H43FN4O4. The highest BCUT2D eigenvalue weighted by atomic mass is 19.1. The summed E-state index contributed by atoms with van der Waals surface area (Å²) in [6.45, 7) is -0.315. The van der Waals surface area contributed by atoms with Crippen molar-refractivity contribution in [3.8, 4) is 6.07 Å². The Hall–Kier alpha value is -3.15. The maximum Gasteiger partial charge on any atom is 0.411 e. The number of alkyl halides is 1. The quantitative estimate of drug-likeness (QED) is 0.467. The number of ether oxygens (including phenoxy) is 1. The summed E-state index contributed by atoms with van der Waals surface area (Å²) in [5, 5.41) is 13.2. The summed E-state index contributed by atoms with van der Waals surface area (Å²) in [4.78, 5) is 44.0. The smallest absolute Gasteiger partial charge is 0.411 e. The minimum Gasteiger partial charge on any atom is -0.445 e. The molecule has 0 spiro atoms. The van der Waals surface area contributed by atoms with E-state index in [9.17, 15) is 24.0 Å². The van der Waals surface area contributed by atoms with Crippen molar-refractivity contribution in [1.82, 2.24) is 15.1 Å². The zero-order valence-corrected chi connectivity index (χ0v) is 24.9. The molecule has 1 heterocycles. The number of hydrogen-bond acceptors (Lipinski definition) is 5. The van der Waals surface area contributed by atoms with Crippen LogP contribution in [0.25, 0.3) is 0 Å². The van der Waals surface area contributed by atoms with Crippen LogP contribution < -0.4 is 5.32 Å². The highest BCUT2D eigenvalue weighted by Crippen LogP contribution is 2.58. The first-order chi connectivity index (χ1) is 20.7. The van der Waals surface area contributed by atoms with E-state index in [0.717, 1.165) is 42.6 Å². The van der Waals surface area contributed by atoms with Crippen LogP contribution in [0.2, 0.25) is 0 Å². The van der Waals surface area contributed by atoms with Crippen LogP contribution in [0.5, 0.6) is 0 Å². The van der Waals surface area contributed by atoms with Crippen LogP contribution in [0.3, 0.4) is 0 Å². The standard InChI is InChI=1S/C34H43FN4O4/c35-27-15-28(19-36)38(20-27)29(40)21-39(31(42)43-22-23-4-2-1-3-5-23)34-9-6-32(7-10-34,8-11-34)30(41)37-33-16-24-12-25(17-33)14-26(13-24)18-33/h1-5,24-28H,6-18,20-22H2,(H,37,41)/t24?,25?,26?,27-,28-,32?,33?,34?/m0/s1. The van der Waals surface area contributed by atoms with Gasteiger partial charge < -0.3 is 15.0 Å². The van der Waals surface area contributed by atoms with Gasteiger partial charge in [0.25, 0.3) is 0 Å². The van der Waals surface area contributed by atoms with Crippen LogP contribution in [0.1, 0.15) is 89.0 Å². The second-order valence-corrected chi connectivity index (χ2v) is 14.8. The van der Waals surface area contributed by atoms with Crippen molar-refractivity contribution in [3.63, 3.8) is 0 Å². The molecule has 7 aliphatic carbocycles. The summed E-state index contributed by atoms with van der Waals surface area (Å²) in [5.41, 5.74) is -0.232. The molecule has 1 saturated heterocycles. The van der Waals surface area contributed by atoms with E-state index >= 15 is 0 Å². The molecule has 8 nitrogen and oxygen atoms in total. The number of amides is 3. The average Bonchev–Trinajstić information content (AvgIpc) is 3.40. The number of carbonyl (C=O) groups is 3. The van der Waals surface area contributed by atoms with Crippen molar-refractivity contribution in [3.05, 3.63) is 35.9 Å². The van der Waals surface area contributed by atoms with Crippen LogP contribution in [0, 0.1) is 34.5 Å². The first-order valence-electron chi connectivity index (χ1n) is 16.3. The second kappa shape index (κ2) is 10.8. The van der Waals surface area contributed by atoms with Gasteiger partial charge >= 0.3 is 6.09 Å². The monoisotopic (exact) mass is 590 g/mol. The predicted molar refractivity (Wildman–Crippen MR) is 156 cm³/mol. The molecule has 0 radical (unpaired) electrons. The Morgan fingerprint density at radius 1 is 0.953 bits per heavy atom. The average molecular weight is 591 g/mol. The molecule has 9 rings (SSSR count). The van der Waals surface area contributed by atoms with Gasteiger partial charge in [-0.25, -0.2) is 9.18 Å². The molecule has 1 N–H and O–H groups in total. The SMILES string of the molecule is N#C[C@@H]1C[C@H](F)CN1C(=O)CN(C(=O)OCc1ccccc1)C12CCC(C(=O)NC34CC5CC(CC(C5)C3)C4)(CC1)CC2. The number of nitrogens with zero attached hydrogens (tertiary/aromatic N) is 3. The summed E-state index contributed by atoms with van der Waals surface area (Å²) in [6, 6.07) is 10.6. The summed E-state index contributed by atoms with van der Waals surface area (Å²) in [6.07, 6.45) is 9.35. The third-order valence-corrected chi connectivity index (χ3v) is 12.1. The topological polar surface area (TPSA) is 103 Å². The molecule has 43 heavy (non-hydrogen) atoms. The second-order valence-electron chi connectivity index (χ2n) is 14.8. The molecule has 9 heteroatoms. The van der Waals surface area contributed by atoms with E-state index in [1.54, 1.807) is 4.90 Å². The van der Waals surface area contributed by atoms with Gasteiger partial charge in [0.15, 0.2) is 0 Å². The van der Waals surface area contributed by atoms with Crippen molar-refractivity contribution in [1.29, 1.82) is 5.26 Å². The van der Waals surface area contributed by atoms with Crippen LogP contribution >= 0.6 is 0 Å². The van der Waals surface area contributed by atoms with Gasteiger partial charge in [-0.1, -0.05) is 30.3 Å². The van der Waals surface area contributed by atoms with Crippen LogP contribution in [-0.4, -0.2) is 64.1 Å². The van der Waals surface area contributed by atoms with E-state index in [4.69, 9.17) is 4.74 Å². The van der Waals surface area contributed by atoms with E-state index < -0.39 is 35.2 Å². The van der Waals surface area contributed by atoms with Gasteiger partial charge in [-0.3, -0.25) is 14.5 Å². The summed E-state index contributed by atoms with van der Waals surface area (Å²) in [5.74, 6) is 2.03. The lowest BCUT2D eigenvalue weighted by Crippen LogP contribution is -2.66. The molecule has 1 aliphatic heterocycles. The highest BCUT2D eigenvalue weighted by molar-refractivity contribution is 5.85. The maximum absolute atomic E-state index is 14.2. The number of carbonyl (C=O) groups excluding carboxylic acids is 3. The Morgan fingerprint density at radius 3 is 2.14 bits per heavy atom. The van der Waals surface area contributed by atoms with E-state index in [1.165, 1.54) is 24.2 Å². The molecule has 1 aromatic rings. The molecule has 8 aliphatic rings. The van der Waals surface area contributed by atoms with Gasteiger partial charge in [0.05, 0.1) is 12.6 Å². The number of rotatable bonds is 7. The van der Waals surface area contributed by atoms with E-state index in [0.29, 0.717) is 38.5 Å². The zero-order chi connectivity index (χ0) is 29.8. The number of nitrogens with one attached hydrogen (secondary N) is 1.